The summed E-state index contributed by atoms with van der Waals surface area (Å²) in [5, 5.41) is 10.8. The van der Waals surface area contributed by atoms with E-state index in [0.29, 0.717) is 60.1 Å². The minimum Gasteiger partial charge on any atom is -0.506 e. The number of hydrogen-bond acceptors (Lipinski definition) is 8. The first-order valence-corrected chi connectivity index (χ1v) is 11.5. The Morgan fingerprint density at radius 1 is 1.20 bits per heavy atom. The normalized spacial score (nSPS) is 14.9. The summed E-state index contributed by atoms with van der Waals surface area (Å²) in [5.41, 5.74) is 1.59. The Labute approximate surface area is 173 Å². The summed E-state index contributed by atoms with van der Waals surface area (Å²) in [6.07, 6.45) is 2.54. The number of carbonyl (C=O) groups is 1. The highest BCUT2D eigenvalue weighted by Crippen LogP contribution is 2.31. The van der Waals surface area contributed by atoms with Crippen LogP contribution >= 0.6 is 0 Å². The summed E-state index contributed by atoms with van der Waals surface area (Å²) >= 11 is 0. The molecule has 1 saturated heterocycles. The largest absolute Gasteiger partial charge is 0.506 e. The molecule has 10 heteroatoms. The van der Waals surface area contributed by atoms with E-state index < -0.39 is 9.84 Å². The fraction of sp³-hybridized carbons (Fsp3) is 0.350. The second-order valence-corrected chi connectivity index (χ2v) is 9.49. The van der Waals surface area contributed by atoms with E-state index >= 15 is 0 Å². The van der Waals surface area contributed by atoms with Crippen molar-refractivity contribution in [3.63, 3.8) is 0 Å². The highest BCUT2D eigenvalue weighted by atomic mass is 32.2. The molecule has 30 heavy (non-hydrogen) atoms. The van der Waals surface area contributed by atoms with Crippen LogP contribution < -0.4 is 4.90 Å². The van der Waals surface area contributed by atoms with Crippen molar-refractivity contribution in [2.24, 2.45) is 0 Å². The van der Waals surface area contributed by atoms with Crippen molar-refractivity contribution in [1.29, 1.82) is 0 Å². The summed E-state index contributed by atoms with van der Waals surface area (Å²) in [6, 6.07) is 6.86. The SMILES string of the molecule is CC(=O)n1cc(O)c2cc(-c3nc(CS(C)(=O)=O)cc(N4CCOCC4)n3)ccc21. The second kappa shape index (κ2) is 7.69. The van der Waals surface area contributed by atoms with Gasteiger partial charge in [0.05, 0.1) is 36.4 Å². The first-order valence-electron chi connectivity index (χ1n) is 9.45. The number of hydrogen-bond donors (Lipinski definition) is 1. The number of anilines is 1. The van der Waals surface area contributed by atoms with E-state index in [1.807, 2.05) is 4.90 Å². The predicted octanol–water partition coefficient (Wildman–Crippen LogP) is 1.85. The number of ether oxygens (including phenoxy) is 1. The van der Waals surface area contributed by atoms with Crippen molar-refractivity contribution in [2.75, 3.05) is 37.5 Å². The zero-order chi connectivity index (χ0) is 21.5. The number of aromatic hydroxyl groups is 1. The Hall–Kier alpha value is -2.98. The molecule has 1 aliphatic heterocycles. The van der Waals surface area contributed by atoms with Crippen LogP contribution in [0.4, 0.5) is 5.82 Å². The van der Waals surface area contributed by atoms with Gasteiger partial charge in [-0.05, 0) is 18.2 Å². The molecule has 0 unspecified atom stereocenters. The van der Waals surface area contributed by atoms with Gasteiger partial charge in [0.25, 0.3) is 0 Å². The molecule has 3 heterocycles. The first-order chi connectivity index (χ1) is 14.2. The van der Waals surface area contributed by atoms with Crippen LogP contribution in [0.2, 0.25) is 0 Å². The Balaban J connectivity index is 1.83. The quantitative estimate of drug-likeness (QED) is 0.667. The summed E-state index contributed by atoms with van der Waals surface area (Å²) in [7, 11) is -3.29. The fourth-order valence-corrected chi connectivity index (χ4v) is 4.21. The lowest BCUT2D eigenvalue weighted by Gasteiger charge is -2.28. The Bertz CT molecular complexity index is 1230. The summed E-state index contributed by atoms with van der Waals surface area (Å²) in [6.45, 7) is 3.85. The molecule has 0 aliphatic carbocycles. The van der Waals surface area contributed by atoms with Crippen LogP contribution in [0.15, 0.2) is 30.5 Å². The van der Waals surface area contributed by atoms with Gasteiger partial charge in [-0.15, -0.1) is 0 Å². The lowest BCUT2D eigenvalue weighted by molar-refractivity contribution is 0.0941. The summed E-state index contributed by atoms with van der Waals surface area (Å²) in [5.74, 6) is 0.549. The van der Waals surface area contributed by atoms with Crippen molar-refractivity contribution >= 4 is 32.5 Å². The van der Waals surface area contributed by atoms with Gasteiger partial charge < -0.3 is 14.7 Å². The molecule has 2 aromatic heterocycles. The number of fused-ring (bicyclic) bond motifs is 1. The molecule has 0 spiro atoms. The molecule has 3 aromatic rings. The lowest BCUT2D eigenvalue weighted by atomic mass is 10.1. The summed E-state index contributed by atoms with van der Waals surface area (Å²) < 4.78 is 30.5. The van der Waals surface area contributed by atoms with E-state index in [1.165, 1.54) is 17.7 Å². The fourth-order valence-electron chi connectivity index (χ4n) is 3.52. The molecule has 0 saturated carbocycles. The average molecular weight is 430 g/mol. The topological polar surface area (TPSA) is 115 Å². The van der Waals surface area contributed by atoms with Crippen LogP contribution in [-0.2, 0) is 20.3 Å². The van der Waals surface area contributed by atoms with Gasteiger partial charge in [-0.1, -0.05) is 0 Å². The Morgan fingerprint density at radius 3 is 2.60 bits per heavy atom. The van der Waals surface area contributed by atoms with Gasteiger partial charge in [0.15, 0.2) is 15.7 Å². The van der Waals surface area contributed by atoms with Crippen LogP contribution in [0.25, 0.3) is 22.3 Å². The maximum atomic E-state index is 11.9. The van der Waals surface area contributed by atoms with E-state index in [4.69, 9.17) is 4.74 Å². The molecule has 1 fully saturated rings. The monoisotopic (exact) mass is 430 g/mol. The van der Waals surface area contributed by atoms with Gasteiger partial charge in [-0.2, -0.15) is 0 Å². The second-order valence-electron chi connectivity index (χ2n) is 7.35. The number of sulfone groups is 1. The molecular formula is C20H22N4O5S. The van der Waals surface area contributed by atoms with Gasteiger partial charge >= 0.3 is 0 Å². The van der Waals surface area contributed by atoms with Crippen LogP contribution in [0.1, 0.15) is 17.4 Å². The number of morpholine rings is 1. The minimum absolute atomic E-state index is 0.0252. The molecule has 1 N–H and O–H groups in total. The summed E-state index contributed by atoms with van der Waals surface area (Å²) in [4.78, 5) is 22.9. The third-order valence-corrected chi connectivity index (χ3v) is 5.71. The van der Waals surface area contributed by atoms with Crippen LogP contribution in [0.3, 0.4) is 0 Å². The minimum atomic E-state index is -3.29. The molecule has 0 atom stereocenters. The van der Waals surface area contributed by atoms with E-state index in [2.05, 4.69) is 9.97 Å². The third kappa shape index (κ3) is 4.14. The highest BCUT2D eigenvalue weighted by Gasteiger charge is 2.19. The molecule has 0 radical (unpaired) electrons. The van der Waals surface area contributed by atoms with Crippen molar-refractivity contribution in [3.05, 3.63) is 36.2 Å². The van der Waals surface area contributed by atoms with Crippen LogP contribution in [0, 0.1) is 0 Å². The zero-order valence-electron chi connectivity index (χ0n) is 16.7. The van der Waals surface area contributed by atoms with Gasteiger partial charge in [0.2, 0.25) is 5.91 Å². The van der Waals surface area contributed by atoms with E-state index in [1.54, 1.807) is 24.3 Å². The Morgan fingerprint density at radius 2 is 1.93 bits per heavy atom. The van der Waals surface area contributed by atoms with E-state index in [9.17, 15) is 18.3 Å². The molecular weight excluding hydrogens is 408 g/mol. The first kappa shape index (κ1) is 20.3. The molecule has 0 amide bonds. The molecule has 1 aliphatic rings. The predicted molar refractivity (Wildman–Crippen MR) is 113 cm³/mol. The van der Waals surface area contributed by atoms with E-state index in [0.717, 1.165) is 6.26 Å². The Kier molecular flexibility index (Phi) is 5.20. The van der Waals surface area contributed by atoms with Crippen LogP contribution in [0.5, 0.6) is 5.75 Å². The van der Waals surface area contributed by atoms with Gasteiger partial charge in [0, 0.05) is 43.3 Å². The maximum Gasteiger partial charge on any atom is 0.228 e. The number of aromatic nitrogens is 3. The van der Waals surface area contributed by atoms with Gasteiger partial charge in [-0.3, -0.25) is 9.36 Å². The molecule has 158 valence electrons. The maximum absolute atomic E-state index is 11.9. The molecule has 9 nitrogen and oxygen atoms in total. The number of rotatable bonds is 4. The molecule has 1 aromatic carbocycles. The number of nitrogens with zero attached hydrogens (tertiary/aromatic N) is 4. The third-order valence-electron chi connectivity index (χ3n) is 4.89. The van der Waals surface area contributed by atoms with Gasteiger partial charge in [-0.25, -0.2) is 18.4 Å². The van der Waals surface area contributed by atoms with Crippen molar-refractivity contribution in [2.45, 2.75) is 12.7 Å². The average Bonchev–Trinajstić information content (AvgIpc) is 3.03. The van der Waals surface area contributed by atoms with Crippen LogP contribution in [-0.4, -0.2) is 66.5 Å². The number of benzene rings is 1. The van der Waals surface area contributed by atoms with Crippen molar-refractivity contribution < 1.29 is 23.1 Å². The molecule has 0 bridgehead atoms. The van der Waals surface area contributed by atoms with Crippen molar-refractivity contribution in [3.8, 4) is 17.1 Å². The smallest absolute Gasteiger partial charge is 0.228 e. The van der Waals surface area contributed by atoms with E-state index in [-0.39, 0.29) is 17.4 Å². The molecule has 4 rings (SSSR count). The lowest BCUT2D eigenvalue weighted by Crippen LogP contribution is -2.37. The van der Waals surface area contributed by atoms with Gasteiger partial charge in [0.1, 0.15) is 11.6 Å². The standard InChI is InChI=1S/C20H22N4O5S/c1-13(25)24-11-18(26)16-9-14(3-4-17(16)24)20-21-15(12-30(2,27)28)10-19(22-20)23-5-7-29-8-6-23/h3-4,9-11,26H,5-8,12H2,1-2H3. The number of carbonyl (C=O) groups excluding carboxylic acids is 1. The zero-order valence-corrected chi connectivity index (χ0v) is 17.5. The highest BCUT2D eigenvalue weighted by molar-refractivity contribution is 7.89. The van der Waals surface area contributed by atoms with Crippen molar-refractivity contribution in [1.82, 2.24) is 14.5 Å².